The second-order valence-electron chi connectivity index (χ2n) is 28.2. The van der Waals surface area contributed by atoms with Gasteiger partial charge in [0, 0.05) is 107 Å². The third-order valence-electron chi connectivity index (χ3n) is 19.1. The number of anilines is 1. The standard InChI is InChI=1S/C70H96N12O18S/c1-37-8-17-44(18-9-37)79-23-25-80(26-24-79)45-19-15-41(16-20-45)54-34-74-66(101-54)43-13-11-42(12-14-43)61(91)75-48-30-46(84)33-73-65(95)59-60(90)38(2)35-82(59)68(97)58(52(88)32-55(71)89)78-64(94)57(77-63(93)49-31-47(85)36-81(49)67(96)56(39(3)83)76-62(48)92)51(87)28-40-10-21-50(86)53(29-40)99-27-7-22-72-69(98)100-70(4,5)6/h10-16,19-21,29,34,37-39,44,46-49,51-52,56-60,83-88,90H,7-9,17-18,22-28,30-33,35-36H2,1-6H3,(H2,71,89)(H,72,98)(H,73,95)(H,75,91)(H,76,92)(H,77,93)(H,78,94)/t37?,38-,39+,44?,46+,47+,48?,49-,51+,52+,56-,57-,58-,59-,60-/m0/s1. The summed E-state index contributed by atoms with van der Waals surface area (Å²) in [6, 6.07) is 7.69. The number of benzene rings is 3. The lowest BCUT2D eigenvalue weighted by atomic mass is 9.86. The van der Waals surface area contributed by atoms with Gasteiger partial charge < -0.3 is 97.6 Å². The number of aliphatic hydroxyl groups is 6. The lowest BCUT2D eigenvalue weighted by Gasteiger charge is -2.42. The number of aliphatic hydroxyl groups excluding tert-OH is 6. The molecule has 4 aliphatic heterocycles. The molecule has 15 N–H and O–H groups in total. The van der Waals surface area contributed by atoms with E-state index in [1.165, 1.54) is 74.3 Å². The van der Waals surface area contributed by atoms with Crippen LogP contribution in [0.2, 0.25) is 0 Å². The number of carbonyl (C=O) groups excluding carboxylic acids is 9. The predicted octanol–water partition coefficient (Wildman–Crippen LogP) is 0.000900. The maximum Gasteiger partial charge on any atom is 0.407 e. The van der Waals surface area contributed by atoms with Gasteiger partial charge in [-0.25, -0.2) is 9.78 Å². The normalized spacial score (nSPS) is 27.1. The SMILES string of the molecule is CC1CCC(N2CCN(c3ccc(-c4cnc(-c5ccc(C(=O)NC6C[C@@H](O)CNC(=O)[C@@H]7[C@@H](O)[C@@H](C)CN7C(=O)[C@H]([C@H](O)CC(N)=O)NC(=O)[C@H]([C@H](O)Cc7ccc(O)c(OCCCNC(=O)OC(C)(C)C)c7)NC(=O)[C@@H]7C[C@@H](O)CN7C(=O)[C@H]([C@@H](C)O)NC6=O)cc5)s4)cc3)CC2)CC1. The van der Waals surface area contributed by atoms with Gasteiger partial charge in [-0.05, 0) is 113 Å². The first kappa shape index (κ1) is 76.6. The lowest BCUT2D eigenvalue weighted by molar-refractivity contribution is -0.147. The average Bonchev–Trinajstić information content (AvgIpc) is 1.68. The lowest BCUT2D eigenvalue weighted by Crippen LogP contribution is -2.64. The summed E-state index contributed by atoms with van der Waals surface area (Å²) in [5.74, 6) is -9.72. The molecule has 1 unspecified atom stereocenters. The van der Waals surface area contributed by atoms with Crippen molar-refractivity contribution in [1.29, 1.82) is 0 Å². The van der Waals surface area contributed by atoms with Crippen molar-refractivity contribution in [3.8, 4) is 32.5 Å². The van der Waals surface area contributed by atoms with E-state index in [1.54, 1.807) is 39.1 Å². The molecule has 1 aromatic heterocycles. The van der Waals surface area contributed by atoms with Gasteiger partial charge in [-0.3, -0.25) is 43.3 Å². The molecular weight excluding hydrogens is 1330 g/mol. The van der Waals surface area contributed by atoms with E-state index in [9.17, 15) is 78.9 Å². The summed E-state index contributed by atoms with van der Waals surface area (Å²) < 4.78 is 11.0. The maximum absolute atomic E-state index is 14.8. The third-order valence-corrected chi connectivity index (χ3v) is 20.2. The van der Waals surface area contributed by atoms with E-state index in [2.05, 4.69) is 77.9 Å². The molecule has 13 atom stereocenters. The number of ether oxygens (including phenoxy) is 2. The number of aromatic nitrogens is 1. The van der Waals surface area contributed by atoms with Crippen LogP contribution in [0.4, 0.5) is 10.5 Å². The summed E-state index contributed by atoms with van der Waals surface area (Å²) in [6.07, 6.45) is -6.95. The number of amides is 9. The Bertz CT molecular complexity index is 3580. The zero-order valence-electron chi connectivity index (χ0n) is 57.7. The zero-order valence-corrected chi connectivity index (χ0v) is 58.5. The molecule has 4 aromatic rings. The minimum Gasteiger partial charge on any atom is -0.504 e. The van der Waals surface area contributed by atoms with Gasteiger partial charge in [0.25, 0.3) is 5.91 Å². The van der Waals surface area contributed by atoms with Gasteiger partial charge in [0.2, 0.25) is 41.4 Å². The van der Waals surface area contributed by atoms with Crippen LogP contribution in [0.3, 0.4) is 0 Å². The number of thiazole rings is 1. The third kappa shape index (κ3) is 20.0. The van der Waals surface area contributed by atoms with Crippen LogP contribution in [0.5, 0.6) is 11.5 Å². The Balaban J connectivity index is 0.942. The summed E-state index contributed by atoms with van der Waals surface area (Å²) in [7, 11) is 0. The molecule has 3 aromatic carbocycles. The smallest absolute Gasteiger partial charge is 0.407 e. The summed E-state index contributed by atoms with van der Waals surface area (Å²) in [6.45, 7) is 12.5. The minimum atomic E-state index is -2.20. The van der Waals surface area contributed by atoms with Crippen molar-refractivity contribution < 1.29 is 88.4 Å². The molecule has 0 bridgehead atoms. The van der Waals surface area contributed by atoms with Gasteiger partial charge in [-0.1, -0.05) is 44.2 Å². The average molecular weight is 1430 g/mol. The van der Waals surface area contributed by atoms with Crippen molar-refractivity contribution in [3.63, 3.8) is 0 Å². The van der Waals surface area contributed by atoms with Crippen LogP contribution in [-0.4, -0.2) is 252 Å². The van der Waals surface area contributed by atoms with Crippen LogP contribution >= 0.6 is 11.3 Å². The molecule has 30 nitrogen and oxygen atoms in total. The molecular formula is C70H96N12O18S. The molecule has 9 amide bonds. The number of carbonyl (C=O) groups is 9. The number of primary amides is 1. The Morgan fingerprint density at radius 1 is 0.752 bits per heavy atom. The van der Waals surface area contributed by atoms with Crippen molar-refractivity contribution in [2.24, 2.45) is 17.6 Å². The van der Waals surface area contributed by atoms with E-state index in [-0.39, 0.29) is 42.2 Å². The van der Waals surface area contributed by atoms with Crippen LogP contribution in [0, 0.1) is 11.8 Å². The summed E-state index contributed by atoms with van der Waals surface area (Å²) >= 11 is 1.45. The fourth-order valence-electron chi connectivity index (χ4n) is 13.5. The van der Waals surface area contributed by atoms with Crippen LogP contribution in [0.15, 0.2) is 72.9 Å². The Morgan fingerprint density at radius 3 is 2.07 bits per heavy atom. The number of alkyl carbamates (subject to hydrolysis) is 1. The van der Waals surface area contributed by atoms with Gasteiger partial charge in [0.15, 0.2) is 11.5 Å². The topological polar surface area (TPSA) is 438 Å². The molecule has 101 heavy (non-hydrogen) atoms. The summed E-state index contributed by atoms with van der Waals surface area (Å²) in [4.78, 5) is 139. The number of phenolic OH excluding ortho intramolecular Hbond substituents is 1. The molecule has 5 heterocycles. The fraction of sp³-hybridized carbons (Fsp3) is 0.571. The van der Waals surface area contributed by atoms with E-state index in [4.69, 9.17) is 15.2 Å². The number of nitrogens with zero attached hydrogens (tertiary/aromatic N) is 5. The van der Waals surface area contributed by atoms with Crippen molar-refractivity contribution >= 4 is 70.4 Å². The first-order valence-corrected chi connectivity index (χ1v) is 35.3. The van der Waals surface area contributed by atoms with E-state index < -0.39 is 183 Å². The second kappa shape index (κ2) is 33.9. The van der Waals surface area contributed by atoms with Crippen LogP contribution < -0.4 is 47.3 Å². The number of piperazine rings is 1. The number of β-amino-alcohol motifs (C(OH)–C–C–N with tert-alkyl or cyclic N) is 1. The Kier molecular flexibility index (Phi) is 25.7. The predicted molar refractivity (Wildman–Crippen MR) is 369 cm³/mol. The maximum atomic E-state index is 14.8. The quantitative estimate of drug-likeness (QED) is 0.0583. The van der Waals surface area contributed by atoms with Crippen molar-refractivity contribution in [2.75, 3.05) is 63.9 Å². The molecule has 31 heteroatoms. The molecule has 4 saturated heterocycles. The Labute approximate surface area is 589 Å². The number of aromatic hydroxyl groups is 1. The van der Waals surface area contributed by atoms with Crippen LogP contribution in [0.25, 0.3) is 21.0 Å². The van der Waals surface area contributed by atoms with E-state index >= 15 is 0 Å². The highest BCUT2D eigenvalue weighted by atomic mass is 32.1. The number of rotatable bonds is 18. The van der Waals surface area contributed by atoms with Crippen molar-refractivity contribution in [2.45, 2.75) is 184 Å². The largest absolute Gasteiger partial charge is 0.504 e. The molecule has 5 aliphatic rings. The number of phenols is 1. The van der Waals surface area contributed by atoms with E-state index in [0.29, 0.717) is 16.6 Å². The number of hydrogen-bond acceptors (Lipinski definition) is 22. The van der Waals surface area contributed by atoms with Gasteiger partial charge in [-0.2, -0.15) is 0 Å². The fourth-order valence-corrected chi connectivity index (χ4v) is 14.4. The zero-order chi connectivity index (χ0) is 73.1. The number of nitrogens with one attached hydrogen (secondary N) is 6. The number of hydrogen-bond donors (Lipinski definition) is 14. The van der Waals surface area contributed by atoms with Gasteiger partial charge in [-0.15, -0.1) is 11.3 Å². The van der Waals surface area contributed by atoms with Gasteiger partial charge in [0.05, 0.1) is 54.5 Å². The molecule has 0 radical (unpaired) electrons. The molecule has 1 saturated carbocycles. The Hall–Kier alpha value is -8.56. The first-order valence-electron chi connectivity index (χ1n) is 34.5. The molecule has 0 spiro atoms. The van der Waals surface area contributed by atoms with Gasteiger partial charge in [0.1, 0.15) is 46.9 Å². The number of nitrogens with two attached hydrogens (primary N) is 1. The molecule has 1 aliphatic carbocycles. The molecule has 5 fully saturated rings. The Morgan fingerprint density at radius 2 is 1.41 bits per heavy atom. The first-order chi connectivity index (χ1) is 47.9. The van der Waals surface area contributed by atoms with E-state index in [1.807, 2.05) is 0 Å². The highest BCUT2D eigenvalue weighted by molar-refractivity contribution is 7.18. The van der Waals surface area contributed by atoms with Crippen LogP contribution in [0.1, 0.15) is 109 Å². The summed E-state index contributed by atoms with van der Waals surface area (Å²) in [5, 5.41) is 95.2. The van der Waals surface area contributed by atoms with Crippen LogP contribution in [-0.2, 0) is 44.7 Å². The second-order valence-corrected chi connectivity index (χ2v) is 29.2. The van der Waals surface area contributed by atoms with Crippen molar-refractivity contribution in [1.82, 2.24) is 51.6 Å². The number of fused-ring (bicyclic) bond motifs is 2. The highest BCUT2D eigenvalue weighted by Crippen LogP contribution is 2.35. The van der Waals surface area contributed by atoms with Crippen molar-refractivity contribution in [3.05, 3.63) is 84.1 Å². The minimum absolute atomic E-state index is 0.0427. The molecule has 550 valence electrons. The monoisotopic (exact) mass is 1420 g/mol. The van der Waals surface area contributed by atoms with Gasteiger partial charge >= 0.3 is 6.09 Å². The summed E-state index contributed by atoms with van der Waals surface area (Å²) in [5.41, 5.74) is 7.75. The highest BCUT2D eigenvalue weighted by Gasteiger charge is 2.50. The van der Waals surface area contributed by atoms with E-state index in [0.717, 1.165) is 64.9 Å². The molecule has 9 rings (SSSR count).